The van der Waals surface area contributed by atoms with E-state index in [-0.39, 0.29) is 5.69 Å². The molecule has 0 bridgehead atoms. The molecule has 0 spiro atoms. The molecular weight excluding hydrogens is 330 g/mol. The Hall–Kier alpha value is -2.86. The molecule has 0 fully saturated rings. The zero-order valence-electron chi connectivity index (χ0n) is 12.8. The molecular formula is C17H14ClN3O3. The van der Waals surface area contributed by atoms with Gasteiger partial charge < -0.3 is 9.84 Å². The van der Waals surface area contributed by atoms with Gasteiger partial charge in [0, 0.05) is 10.6 Å². The standard InChI is InChI=1S/C17H14ClN3O3/c1-2-24-14-8-6-13(7-9-14)21-16(15(17(22)23)19-20-21)11-4-3-5-12(18)10-11/h3-10H,2H2,1H3,(H,22,23). The summed E-state index contributed by atoms with van der Waals surface area (Å²) in [4.78, 5) is 11.5. The van der Waals surface area contributed by atoms with Crippen LogP contribution in [0, 0.1) is 0 Å². The van der Waals surface area contributed by atoms with Crippen LogP contribution in [0.4, 0.5) is 0 Å². The Morgan fingerprint density at radius 1 is 1.25 bits per heavy atom. The first kappa shape index (κ1) is 16.0. The second-order valence-corrected chi connectivity index (χ2v) is 5.38. The summed E-state index contributed by atoms with van der Waals surface area (Å²) < 4.78 is 6.89. The molecule has 6 nitrogen and oxygen atoms in total. The van der Waals surface area contributed by atoms with Crippen molar-refractivity contribution < 1.29 is 14.6 Å². The number of ether oxygens (including phenoxy) is 1. The molecule has 0 saturated carbocycles. The fourth-order valence-electron chi connectivity index (χ4n) is 2.35. The van der Waals surface area contributed by atoms with E-state index in [1.807, 2.05) is 6.92 Å². The average Bonchev–Trinajstić information content (AvgIpc) is 3.01. The molecule has 0 aliphatic carbocycles. The lowest BCUT2D eigenvalue weighted by atomic mass is 10.1. The quantitative estimate of drug-likeness (QED) is 0.764. The summed E-state index contributed by atoms with van der Waals surface area (Å²) in [6.07, 6.45) is 0. The van der Waals surface area contributed by atoms with Gasteiger partial charge in [-0.15, -0.1) is 5.10 Å². The Morgan fingerprint density at radius 2 is 2.00 bits per heavy atom. The fraction of sp³-hybridized carbons (Fsp3) is 0.118. The fourth-order valence-corrected chi connectivity index (χ4v) is 2.54. The first-order valence-electron chi connectivity index (χ1n) is 7.28. The first-order chi connectivity index (χ1) is 11.6. The van der Waals surface area contributed by atoms with Crippen LogP contribution in [0.25, 0.3) is 16.9 Å². The molecule has 0 saturated heterocycles. The molecule has 24 heavy (non-hydrogen) atoms. The molecule has 0 unspecified atom stereocenters. The van der Waals surface area contributed by atoms with Crippen LogP contribution in [0.15, 0.2) is 48.5 Å². The number of aromatic nitrogens is 3. The minimum Gasteiger partial charge on any atom is -0.494 e. The Kier molecular flexibility index (Phi) is 4.48. The number of aromatic carboxylic acids is 1. The molecule has 7 heteroatoms. The van der Waals surface area contributed by atoms with Gasteiger partial charge in [0.25, 0.3) is 0 Å². The molecule has 0 atom stereocenters. The first-order valence-corrected chi connectivity index (χ1v) is 7.66. The summed E-state index contributed by atoms with van der Waals surface area (Å²) in [6.45, 7) is 2.47. The van der Waals surface area contributed by atoms with Gasteiger partial charge >= 0.3 is 5.97 Å². The smallest absolute Gasteiger partial charge is 0.358 e. The number of halogens is 1. The van der Waals surface area contributed by atoms with Crippen LogP contribution in [0.5, 0.6) is 5.75 Å². The van der Waals surface area contributed by atoms with Gasteiger partial charge in [-0.05, 0) is 43.3 Å². The lowest BCUT2D eigenvalue weighted by Crippen LogP contribution is -2.03. The molecule has 3 aromatic rings. The van der Waals surface area contributed by atoms with E-state index in [0.717, 1.165) is 5.75 Å². The Labute approximate surface area is 143 Å². The predicted molar refractivity (Wildman–Crippen MR) is 89.9 cm³/mol. The van der Waals surface area contributed by atoms with Gasteiger partial charge in [-0.2, -0.15) is 0 Å². The SMILES string of the molecule is CCOc1ccc(-n2nnc(C(=O)O)c2-c2cccc(Cl)c2)cc1. The van der Waals surface area contributed by atoms with E-state index >= 15 is 0 Å². The van der Waals surface area contributed by atoms with E-state index < -0.39 is 5.97 Å². The maximum atomic E-state index is 11.5. The molecule has 122 valence electrons. The van der Waals surface area contributed by atoms with Crippen LogP contribution in [-0.2, 0) is 0 Å². The molecule has 1 heterocycles. The van der Waals surface area contributed by atoms with Gasteiger partial charge in [0.2, 0.25) is 0 Å². The second kappa shape index (κ2) is 6.72. The zero-order chi connectivity index (χ0) is 17.1. The van der Waals surface area contributed by atoms with Gasteiger partial charge in [0.05, 0.1) is 12.3 Å². The van der Waals surface area contributed by atoms with Gasteiger partial charge in [0.1, 0.15) is 11.4 Å². The van der Waals surface area contributed by atoms with Crippen molar-refractivity contribution in [1.29, 1.82) is 0 Å². The van der Waals surface area contributed by atoms with Crippen molar-refractivity contribution in [2.45, 2.75) is 6.92 Å². The Bertz CT molecular complexity index is 875. The molecule has 1 N–H and O–H groups in total. The average molecular weight is 344 g/mol. The predicted octanol–water partition coefficient (Wildman–Crippen LogP) is 3.68. The minimum absolute atomic E-state index is 0.133. The number of carboxylic acid groups (broad SMARTS) is 1. The van der Waals surface area contributed by atoms with Crippen molar-refractivity contribution in [2.24, 2.45) is 0 Å². The van der Waals surface area contributed by atoms with E-state index in [2.05, 4.69) is 10.3 Å². The highest BCUT2D eigenvalue weighted by atomic mass is 35.5. The minimum atomic E-state index is -1.15. The molecule has 3 rings (SSSR count). The van der Waals surface area contributed by atoms with Gasteiger partial charge in [-0.25, -0.2) is 9.48 Å². The van der Waals surface area contributed by atoms with E-state index in [4.69, 9.17) is 16.3 Å². The summed E-state index contributed by atoms with van der Waals surface area (Å²) in [7, 11) is 0. The van der Waals surface area contributed by atoms with Crippen molar-refractivity contribution in [1.82, 2.24) is 15.0 Å². The molecule has 1 aromatic heterocycles. The van der Waals surface area contributed by atoms with Gasteiger partial charge in [-0.3, -0.25) is 0 Å². The van der Waals surface area contributed by atoms with E-state index in [1.165, 1.54) is 4.68 Å². The Morgan fingerprint density at radius 3 is 2.62 bits per heavy atom. The third-order valence-electron chi connectivity index (χ3n) is 3.36. The van der Waals surface area contributed by atoms with E-state index in [1.54, 1.807) is 48.5 Å². The molecule has 0 aliphatic rings. The van der Waals surface area contributed by atoms with Gasteiger partial charge in [-0.1, -0.05) is 28.9 Å². The highest BCUT2D eigenvalue weighted by molar-refractivity contribution is 6.30. The number of rotatable bonds is 5. The number of carboxylic acids is 1. The normalized spacial score (nSPS) is 10.6. The molecule has 0 aliphatic heterocycles. The van der Waals surface area contributed by atoms with Crippen LogP contribution in [0.2, 0.25) is 5.02 Å². The molecule has 0 amide bonds. The number of nitrogens with zero attached hydrogens (tertiary/aromatic N) is 3. The van der Waals surface area contributed by atoms with Crippen LogP contribution in [0.1, 0.15) is 17.4 Å². The number of carbonyl (C=O) groups is 1. The third-order valence-corrected chi connectivity index (χ3v) is 3.60. The van der Waals surface area contributed by atoms with Crippen LogP contribution < -0.4 is 4.74 Å². The molecule has 2 aromatic carbocycles. The van der Waals surface area contributed by atoms with Crippen LogP contribution in [0.3, 0.4) is 0 Å². The monoisotopic (exact) mass is 343 g/mol. The second-order valence-electron chi connectivity index (χ2n) is 4.94. The van der Waals surface area contributed by atoms with Crippen molar-refractivity contribution in [3.63, 3.8) is 0 Å². The van der Waals surface area contributed by atoms with Crippen molar-refractivity contribution in [3.05, 3.63) is 59.2 Å². The maximum Gasteiger partial charge on any atom is 0.358 e. The summed E-state index contributed by atoms with van der Waals surface area (Å²) >= 11 is 6.03. The van der Waals surface area contributed by atoms with Crippen molar-refractivity contribution in [2.75, 3.05) is 6.61 Å². The van der Waals surface area contributed by atoms with Crippen LogP contribution >= 0.6 is 11.6 Å². The third kappa shape index (κ3) is 3.09. The maximum absolute atomic E-state index is 11.5. The summed E-state index contributed by atoms with van der Waals surface area (Å²) in [5, 5.41) is 17.7. The van der Waals surface area contributed by atoms with Crippen LogP contribution in [-0.4, -0.2) is 32.7 Å². The molecule has 0 radical (unpaired) electrons. The highest BCUT2D eigenvalue weighted by Crippen LogP contribution is 2.28. The van der Waals surface area contributed by atoms with E-state index in [0.29, 0.717) is 28.6 Å². The number of hydrogen-bond acceptors (Lipinski definition) is 4. The van der Waals surface area contributed by atoms with Crippen molar-refractivity contribution in [3.8, 4) is 22.7 Å². The number of benzene rings is 2. The number of hydrogen-bond donors (Lipinski definition) is 1. The zero-order valence-corrected chi connectivity index (χ0v) is 13.6. The van der Waals surface area contributed by atoms with Crippen molar-refractivity contribution >= 4 is 17.6 Å². The van der Waals surface area contributed by atoms with E-state index in [9.17, 15) is 9.90 Å². The summed E-state index contributed by atoms with van der Waals surface area (Å²) in [6, 6.07) is 14.1. The Balaban J connectivity index is 2.13. The lowest BCUT2D eigenvalue weighted by Gasteiger charge is -2.09. The highest BCUT2D eigenvalue weighted by Gasteiger charge is 2.21. The largest absolute Gasteiger partial charge is 0.494 e. The van der Waals surface area contributed by atoms with Gasteiger partial charge in [0.15, 0.2) is 5.69 Å². The summed E-state index contributed by atoms with van der Waals surface area (Å²) in [5.41, 5.74) is 1.53. The topological polar surface area (TPSA) is 77.2 Å². The lowest BCUT2D eigenvalue weighted by molar-refractivity contribution is 0.0691. The summed E-state index contributed by atoms with van der Waals surface area (Å²) in [5.74, 6) is -0.425.